The van der Waals surface area contributed by atoms with E-state index in [-0.39, 0.29) is 18.6 Å². The third-order valence-electron chi connectivity index (χ3n) is 5.19. The number of anilines is 1. The molecule has 0 radical (unpaired) electrons. The first-order valence-corrected chi connectivity index (χ1v) is 11.7. The molecule has 0 atom stereocenters. The van der Waals surface area contributed by atoms with E-state index in [4.69, 9.17) is 21.7 Å². The maximum Gasteiger partial charge on any atom is 0.266 e. The van der Waals surface area contributed by atoms with Crippen molar-refractivity contribution in [3.05, 3.63) is 58.5 Å². The van der Waals surface area contributed by atoms with Gasteiger partial charge in [0.15, 0.2) is 11.5 Å². The molecular formula is C24H24N2O4S2. The molecule has 8 heteroatoms. The fourth-order valence-electron chi connectivity index (χ4n) is 3.44. The van der Waals surface area contributed by atoms with Gasteiger partial charge in [0.25, 0.3) is 5.91 Å². The summed E-state index contributed by atoms with van der Waals surface area (Å²) in [5.74, 6) is 1.24. The lowest BCUT2D eigenvalue weighted by atomic mass is 10.1. The number of hydrogen-bond acceptors (Lipinski definition) is 6. The lowest BCUT2D eigenvalue weighted by Gasteiger charge is -2.14. The number of carbonyl (C=O) groups excluding carboxylic acids is 2. The van der Waals surface area contributed by atoms with Crippen LogP contribution in [-0.2, 0) is 9.59 Å². The summed E-state index contributed by atoms with van der Waals surface area (Å²) in [6.07, 6.45) is 4.67. The molecule has 0 saturated carbocycles. The molecule has 2 aromatic rings. The van der Waals surface area contributed by atoms with E-state index < -0.39 is 0 Å². The zero-order chi connectivity index (χ0) is 22.5. The van der Waals surface area contributed by atoms with E-state index in [1.54, 1.807) is 23.1 Å². The van der Waals surface area contributed by atoms with Crippen LogP contribution in [0.1, 0.15) is 36.8 Å². The van der Waals surface area contributed by atoms with Crippen LogP contribution < -0.4 is 14.8 Å². The normalized spacial score (nSPS) is 16.2. The molecule has 0 aromatic heterocycles. The van der Waals surface area contributed by atoms with Gasteiger partial charge in [-0.3, -0.25) is 14.5 Å². The summed E-state index contributed by atoms with van der Waals surface area (Å²) in [6.45, 7) is 2.81. The summed E-state index contributed by atoms with van der Waals surface area (Å²) >= 11 is 6.75. The standard InChI is InChI=1S/C24H24N2O4S2/c1-16-6-8-17(9-7-16)13-21-23(28)26(24(31)32-21)12-4-2-3-5-22(27)25-18-10-11-19-20(14-18)30-15-29-19/h6-11,13-14H,2-5,12,15H2,1H3,(H,25,27). The molecule has 166 valence electrons. The topological polar surface area (TPSA) is 67.9 Å². The summed E-state index contributed by atoms with van der Waals surface area (Å²) in [4.78, 5) is 27.2. The van der Waals surface area contributed by atoms with E-state index in [1.165, 1.54) is 17.3 Å². The Bertz CT molecular complexity index is 1070. The molecule has 32 heavy (non-hydrogen) atoms. The maximum atomic E-state index is 12.7. The van der Waals surface area contributed by atoms with Crippen molar-refractivity contribution in [3.63, 3.8) is 0 Å². The predicted molar refractivity (Wildman–Crippen MR) is 131 cm³/mol. The number of nitrogens with one attached hydrogen (secondary N) is 1. The fraction of sp³-hybridized carbons (Fsp3) is 0.292. The van der Waals surface area contributed by atoms with Crippen LogP contribution in [0.4, 0.5) is 5.69 Å². The van der Waals surface area contributed by atoms with Crippen LogP contribution in [0.3, 0.4) is 0 Å². The second kappa shape index (κ2) is 10.2. The van der Waals surface area contributed by atoms with Gasteiger partial charge in [-0.15, -0.1) is 0 Å². The van der Waals surface area contributed by atoms with Gasteiger partial charge < -0.3 is 14.8 Å². The second-order valence-corrected chi connectivity index (χ2v) is 9.35. The average Bonchev–Trinajstić information content (AvgIpc) is 3.34. The molecule has 2 aliphatic rings. The zero-order valence-corrected chi connectivity index (χ0v) is 19.4. The summed E-state index contributed by atoms with van der Waals surface area (Å²) in [7, 11) is 0. The third-order valence-corrected chi connectivity index (χ3v) is 6.57. The highest BCUT2D eigenvalue weighted by molar-refractivity contribution is 8.26. The van der Waals surface area contributed by atoms with Gasteiger partial charge in [-0.25, -0.2) is 0 Å². The van der Waals surface area contributed by atoms with Crippen LogP contribution in [0.15, 0.2) is 47.4 Å². The van der Waals surface area contributed by atoms with Gasteiger partial charge in [0.05, 0.1) is 4.91 Å². The molecule has 2 amide bonds. The number of hydrogen-bond donors (Lipinski definition) is 1. The first-order valence-electron chi connectivity index (χ1n) is 10.5. The molecule has 1 fully saturated rings. The first-order chi connectivity index (χ1) is 15.5. The van der Waals surface area contributed by atoms with Crippen LogP contribution in [0, 0.1) is 6.92 Å². The van der Waals surface area contributed by atoms with Crippen molar-refractivity contribution >= 4 is 51.9 Å². The van der Waals surface area contributed by atoms with Gasteiger partial charge in [0.1, 0.15) is 4.32 Å². The molecule has 0 unspecified atom stereocenters. The van der Waals surface area contributed by atoms with E-state index >= 15 is 0 Å². The van der Waals surface area contributed by atoms with Gasteiger partial charge in [0.2, 0.25) is 12.7 Å². The number of amides is 2. The Morgan fingerprint density at radius 2 is 1.91 bits per heavy atom. The predicted octanol–water partition coefficient (Wildman–Crippen LogP) is 5.12. The van der Waals surface area contributed by atoms with Crippen molar-refractivity contribution in [3.8, 4) is 11.5 Å². The number of ether oxygens (including phenoxy) is 2. The summed E-state index contributed by atoms with van der Waals surface area (Å²) in [5.41, 5.74) is 2.86. The number of thioether (sulfide) groups is 1. The van der Waals surface area contributed by atoms with E-state index in [0.29, 0.717) is 39.4 Å². The molecule has 2 heterocycles. The van der Waals surface area contributed by atoms with Gasteiger partial charge >= 0.3 is 0 Å². The van der Waals surface area contributed by atoms with Gasteiger partial charge in [-0.1, -0.05) is 60.2 Å². The largest absolute Gasteiger partial charge is 0.454 e. The number of aryl methyl sites for hydroxylation is 1. The Morgan fingerprint density at radius 3 is 2.72 bits per heavy atom. The first kappa shape index (κ1) is 22.4. The fourth-order valence-corrected chi connectivity index (χ4v) is 4.75. The van der Waals surface area contributed by atoms with Crippen molar-refractivity contribution in [2.75, 3.05) is 18.7 Å². The lowest BCUT2D eigenvalue weighted by Crippen LogP contribution is -2.29. The zero-order valence-electron chi connectivity index (χ0n) is 17.8. The van der Waals surface area contributed by atoms with Crippen molar-refractivity contribution in [2.45, 2.75) is 32.6 Å². The molecule has 1 N–H and O–H groups in total. The lowest BCUT2D eigenvalue weighted by molar-refractivity contribution is -0.122. The summed E-state index contributed by atoms with van der Waals surface area (Å²) in [6, 6.07) is 13.4. The molecular weight excluding hydrogens is 444 g/mol. The van der Waals surface area contributed by atoms with Crippen molar-refractivity contribution in [1.82, 2.24) is 4.90 Å². The summed E-state index contributed by atoms with van der Waals surface area (Å²) in [5, 5.41) is 2.88. The third kappa shape index (κ3) is 5.49. The Labute approximate surface area is 197 Å². The van der Waals surface area contributed by atoms with Crippen molar-refractivity contribution in [1.29, 1.82) is 0 Å². The maximum absolute atomic E-state index is 12.7. The highest BCUT2D eigenvalue weighted by atomic mass is 32.2. The molecule has 1 saturated heterocycles. The number of thiocarbonyl (C=S) groups is 1. The quantitative estimate of drug-likeness (QED) is 0.329. The molecule has 0 bridgehead atoms. The average molecular weight is 469 g/mol. The second-order valence-electron chi connectivity index (χ2n) is 7.67. The van der Waals surface area contributed by atoms with Crippen LogP contribution in [-0.4, -0.2) is 34.4 Å². The number of benzene rings is 2. The monoisotopic (exact) mass is 468 g/mol. The Balaban J connectivity index is 1.19. The minimum atomic E-state index is -0.0458. The van der Waals surface area contributed by atoms with Crippen LogP contribution in [0.25, 0.3) is 6.08 Å². The van der Waals surface area contributed by atoms with E-state index in [9.17, 15) is 9.59 Å². The highest BCUT2D eigenvalue weighted by Crippen LogP contribution is 2.34. The van der Waals surface area contributed by atoms with E-state index in [1.807, 2.05) is 37.3 Å². The number of carbonyl (C=O) groups is 2. The Morgan fingerprint density at radius 1 is 1.12 bits per heavy atom. The molecule has 2 aromatic carbocycles. The number of nitrogens with zero attached hydrogens (tertiary/aromatic N) is 1. The summed E-state index contributed by atoms with van der Waals surface area (Å²) < 4.78 is 11.2. The smallest absolute Gasteiger partial charge is 0.266 e. The molecule has 2 aliphatic heterocycles. The van der Waals surface area contributed by atoms with Crippen molar-refractivity contribution in [2.24, 2.45) is 0 Å². The van der Waals surface area contributed by atoms with E-state index in [0.717, 1.165) is 24.8 Å². The molecule has 0 aliphatic carbocycles. The van der Waals surface area contributed by atoms with Crippen LogP contribution in [0.5, 0.6) is 11.5 Å². The minimum absolute atomic E-state index is 0.0406. The number of unbranched alkanes of at least 4 members (excludes halogenated alkanes) is 2. The van der Waals surface area contributed by atoms with Gasteiger partial charge in [0, 0.05) is 24.7 Å². The Kier molecular flexibility index (Phi) is 7.12. The molecule has 0 spiro atoms. The number of rotatable bonds is 8. The SMILES string of the molecule is Cc1ccc(C=C2SC(=S)N(CCCCCC(=O)Nc3ccc4c(c3)OCO4)C2=O)cc1. The van der Waals surface area contributed by atoms with Crippen LogP contribution >= 0.6 is 24.0 Å². The molecule has 4 rings (SSSR count). The minimum Gasteiger partial charge on any atom is -0.454 e. The molecule has 6 nitrogen and oxygen atoms in total. The highest BCUT2D eigenvalue weighted by Gasteiger charge is 2.31. The Hall–Kier alpha value is -2.84. The van der Waals surface area contributed by atoms with Gasteiger partial charge in [-0.2, -0.15) is 0 Å². The van der Waals surface area contributed by atoms with Gasteiger partial charge in [-0.05, 0) is 43.5 Å². The number of fused-ring (bicyclic) bond motifs is 1. The van der Waals surface area contributed by atoms with Crippen LogP contribution in [0.2, 0.25) is 0 Å². The van der Waals surface area contributed by atoms with Crippen molar-refractivity contribution < 1.29 is 19.1 Å². The van der Waals surface area contributed by atoms with E-state index in [2.05, 4.69) is 5.32 Å².